The van der Waals surface area contributed by atoms with E-state index in [0.717, 1.165) is 25.5 Å². The van der Waals surface area contributed by atoms with Crippen LogP contribution in [0.1, 0.15) is 5.82 Å². The summed E-state index contributed by atoms with van der Waals surface area (Å²) in [4.78, 5) is 4.16. The highest BCUT2D eigenvalue weighted by Gasteiger charge is 2.10. The van der Waals surface area contributed by atoms with Gasteiger partial charge in [0.05, 0.1) is 13.1 Å². The molecule has 0 atom stereocenters. The van der Waals surface area contributed by atoms with Crippen molar-refractivity contribution in [2.45, 2.75) is 13.1 Å². The van der Waals surface area contributed by atoms with E-state index < -0.39 is 0 Å². The highest BCUT2D eigenvalue weighted by Crippen LogP contribution is 2.06. The SMILES string of the molecule is Brc1nc2n(n1)CCNC2.Cl. The van der Waals surface area contributed by atoms with Crippen molar-refractivity contribution in [1.82, 2.24) is 20.1 Å². The van der Waals surface area contributed by atoms with Crippen LogP contribution in [-0.4, -0.2) is 21.3 Å². The summed E-state index contributed by atoms with van der Waals surface area (Å²) in [5.41, 5.74) is 0. The maximum Gasteiger partial charge on any atom is 0.217 e. The zero-order chi connectivity index (χ0) is 6.97. The molecule has 6 heteroatoms. The van der Waals surface area contributed by atoms with E-state index >= 15 is 0 Å². The summed E-state index contributed by atoms with van der Waals surface area (Å²) in [7, 11) is 0. The van der Waals surface area contributed by atoms with Gasteiger partial charge in [0, 0.05) is 6.54 Å². The molecule has 0 saturated heterocycles. The summed E-state index contributed by atoms with van der Waals surface area (Å²) < 4.78 is 2.60. The molecule has 1 aliphatic heterocycles. The van der Waals surface area contributed by atoms with Crippen LogP contribution in [0.2, 0.25) is 0 Å². The lowest BCUT2D eigenvalue weighted by Gasteiger charge is -2.11. The lowest BCUT2D eigenvalue weighted by atomic mass is 10.4. The van der Waals surface area contributed by atoms with E-state index in [1.165, 1.54) is 0 Å². The van der Waals surface area contributed by atoms with Gasteiger partial charge >= 0.3 is 0 Å². The van der Waals surface area contributed by atoms with Gasteiger partial charge in [-0.05, 0) is 15.9 Å². The topological polar surface area (TPSA) is 42.7 Å². The largest absolute Gasteiger partial charge is 0.308 e. The molecule has 62 valence electrons. The molecule has 2 rings (SSSR count). The van der Waals surface area contributed by atoms with E-state index in [-0.39, 0.29) is 12.4 Å². The first-order valence-electron chi connectivity index (χ1n) is 3.16. The van der Waals surface area contributed by atoms with Gasteiger partial charge in [0.2, 0.25) is 4.73 Å². The summed E-state index contributed by atoms with van der Waals surface area (Å²) in [5.74, 6) is 1.01. The van der Waals surface area contributed by atoms with Crippen molar-refractivity contribution in [2.75, 3.05) is 6.54 Å². The molecule has 0 spiro atoms. The molecule has 2 heterocycles. The second-order valence-electron chi connectivity index (χ2n) is 2.20. The van der Waals surface area contributed by atoms with Crippen molar-refractivity contribution in [3.05, 3.63) is 10.6 Å². The molecule has 0 amide bonds. The first kappa shape index (κ1) is 8.96. The van der Waals surface area contributed by atoms with Crippen molar-refractivity contribution >= 4 is 28.3 Å². The second kappa shape index (κ2) is 3.51. The third kappa shape index (κ3) is 1.72. The molecular formula is C5H8BrClN4. The maximum atomic E-state index is 4.16. The molecule has 0 fully saturated rings. The number of fused-ring (bicyclic) bond motifs is 1. The predicted octanol–water partition coefficient (Wildman–Crippen LogP) is 0.566. The number of halogens is 2. The number of nitrogens with one attached hydrogen (secondary N) is 1. The third-order valence-electron chi connectivity index (χ3n) is 1.51. The standard InChI is InChI=1S/C5H7BrN4.ClH/c6-5-8-4-3-7-1-2-10(4)9-5;/h7H,1-3H2;1H. The lowest BCUT2D eigenvalue weighted by molar-refractivity contribution is 0.468. The highest BCUT2D eigenvalue weighted by atomic mass is 79.9. The number of aromatic nitrogens is 3. The molecule has 0 aliphatic carbocycles. The molecule has 1 aromatic heterocycles. The van der Waals surface area contributed by atoms with Crippen molar-refractivity contribution in [3.63, 3.8) is 0 Å². The zero-order valence-electron chi connectivity index (χ0n) is 5.75. The van der Waals surface area contributed by atoms with Gasteiger partial charge in [-0.25, -0.2) is 9.67 Å². The number of hydrogen-bond donors (Lipinski definition) is 1. The van der Waals surface area contributed by atoms with E-state index in [1.807, 2.05) is 4.68 Å². The molecule has 0 bridgehead atoms. The fourth-order valence-electron chi connectivity index (χ4n) is 1.04. The number of hydrogen-bond acceptors (Lipinski definition) is 3. The molecule has 4 nitrogen and oxygen atoms in total. The van der Waals surface area contributed by atoms with Crippen LogP contribution in [0, 0.1) is 0 Å². The number of rotatable bonds is 0. The van der Waals surface area contributed by atoms with Gasteiger partial charge in [-0.1, -0.05) is 0 Å². The lowest BCUT2D eigenvalue weighted by Crippen LogP contribution is -2.28. The Hall–Kier alpha value is -0.130. The Kier molecular flexibility index (Phi) is 2.86. The summed E-state index contributed by atoms with van der Waals surface area (Å²) >= 11 is 3.22. The van der Waals surface area contributed by atoms with Gasteiger partial charge in [-0.3, -0.25) is 0 Å². The van der Waals surface area contributed by atoms with Crippen molar-refractivity contribution in [2.24, 2.45) is 0 Å². The number of nitrogens with zero attached hydrogens (tertiary/aromatic N) is 3. The van der Waals surface area contributed by atoms with Gasteiger partial charge < -0.3 is 5.32 Å². The van der Waals surface area contributed by atoms with Gasteiger partial charge in [-0.2, -0.15) is 0 Å². The molecular weight excluding hydrogens is 231 g/mol. The van der Waals surface area contributed by atoms with Crippen LogP contribution in [-0.2, 0) is 13.1 Å². The normalized spacial score (nSPS) is 15.4. The Morgan fingerprint density at radius 1 is 1.55 bits per heavy atom. The minimum Gasteiger partial charge on any atom is -0.308 e. The van der Waals surface area contributed by atoms with E-state index in [1.54, 1.807) is 0 Å². The average Bonchev–Trinajstić information content (AvgIpc) is 2.27. The molecule has 0 saturated carbocycles. The third-order valence-corrected chi connectivity index (χ3v) is 1.84. The summed E-state index contributed by atoms with van der Waals surface area (Å²) in [6.07, 6.45) is 0. The fraction of sp³-hybridized carbons (Fsp3) is 0.600. The molecule has 0 radical (unpaired) electrons. The Morgan fingerprint density at radius 2 is 2.36 bits per heavy atom. The fourth-order valence-corrected chi connectivity index (χ4v) is 1.44. The summed E-state index contributed by atoms with van der Waals surface area (Å²) in [6.45, 7) is 2.75. The minimum absolute atomic E-state index is 0. The summed E-state index contributed by atoms with van der Waals surface area (Å²) in [5, 5.41) is 7.34. The zero-order valence-corrected chi connectivity index (χ0v) is 8.15. The highest BCUT2D eigenvalue weighted by molar-refractivity contribution is 9.10. The first-order chi connectivity index (χ1) is 4.86. The van der Waals surface area contributed by atoms with E-state index in [9.17, 15) is 0 Å². The minimum atomic E-state index is 0. The van der Waals surface area contributed by atoms with E-state index in [2.05, 4.69) is 31.3 Å². The van der Waals surface area contributed by atoms with E-state index in [4.69, 9.17) is 0 Å². The van der Waals surface area contributed by atoms with Crippen molar-refractivity contribution < 1.29 is 0 Å². The second-order valence-corrected chi connectivity index (χ2v) is 2.91. The van der Waals surface area contributed by atoms with Crippen LogP contribution < -0.4 is 5.32 Å². The summed E-state index contributed by atoms with van der Waals surface area (Å²) in [6, 6.07) is 0. The van der Waals surface area contributed by atoms with E-state index in [0.29, 0.717) is 4.73 Å². The first-order valence-corrected chi connectivity index (χ1v) is 3.95. The van der Waals surface area contributed by atoms with Crippen LogP contribution in [0.15, 0.2) is 4.73 Å². The molecule has 1 N–H and O–H groups in total. The maximum absolute atomic E-state index is 4.16. The Labute approximate surface area is 78.9 Å². The Bertz CT molecular complexity index is 225. The van der Waals surface area contributed by atoms with Crippen LogP contribution in [0.3, 0.4) is 0 Å². The monoisotopic (exact) mass is 238 g/mol. The van der Waals surface area contributed by atoms with Crippen LogP contribution in [0.5, 0.6) is 0 Å². The molecule has 1 aromatic rings. The smallest absolute Gasteiger partial charge is 0.217 e. The molecule has 11 heavy (non-hydrogen) atoms. The van der Waals surface area contributed by atoms with Crippen LogP contribution >= 0.6 is 28.3 Å². The van der Waals surface area contributed by atoms with Crippen LogP contribution in [0.25, 0.3) is 0 Å². The van der Waals surface area contributed by atoms with Crippen LogP contribution in [0.4, 0.5) is 0 Å². The Balaban J connectivity index is 0.000000605. The molecule has 0 aromatic carbocycles. The van der Waals surface area contributed by atoms with Crippen molar-refractivity contribution in [3.8, 4) is 0 Å². The van der Waals surface area contributed by atoms with Gasteiger partial charge in [-0.15, -0.1) is 17.5 Å². The van der Waals surface area contributed by atoms with Gasteiger partial charge in [0.25, 0.3) is 0 Å². The molecule has 1 aliphatic rings. The van der Waals surface area contributed by atoms with Gasteiger partial charge in [0.1, 0.15) is 5.82 Å². The predicted molar refractivity (Wildman–Crippen MR) is 46.7 cm³/mol. The van der Waals surface area contributed by atoms with Crippen molar-refractivity contribution in [1.29, 1.82) is 0 Å². The van der Waals surface area contributed by atoms with Gasteiger partial charge in [0.15, 0.2) is 0 Å². The quantitative estimate of drug-likeness (QED) is 0.720. The molecule has 0 unspecified atom stereocenters. The average molecular weight is 240 g/mol. The Morgan fingerprint density at radius 3 is 3.09 bits per heavy atom.